The van der Waals surface area contributed by atoms with Crippen molar-refractivity contribution in [3.63, 3.8) is 0 Å². The number of rotatable bonds is 8. The third-order valence-electron chi connectivity index (χ3n) is 6.08. The highest BCUT2D eigenvalue weighted by Gasteiger charge is 2.23. The van der Waals surface area contributed by atoms with Crippen LogP contribution in [0.4, 0.5) is 0 Å². The Morgan fingerprint density at radius 3 is 2.69 bits per heavy atom. The van der Waals surface area contributed by atoms with E-state index in [1.54, 1.807) is 14.2 Å². The minimum absolute atomic E-state index is 0.511. The van der Waals surface area contributed by atoms with E-state index in [-0.39, 0.29) is 0 Å². The average molecular weight is 437 g/mol. The standard InChI is InChI=1S/C26H32N2O4/c1-18-8-5-6-10-24(18)31-17-20-9-7-13-28(15-20)16-23-19(2)32-26(27-23)22-12-11-21(29-3)14-25(22)30-4/h5-6,8,10-12,14,20H,7,9,13,15-17H2,1-4H3. The zero-order valence-electron chi connectivity index (χ0n) is 19.4. The molecule has 0 radical (unpaired) electrons. The lowest BCUT2D eigenvalue weighted by Crippen LogP contribution is -2.37. The van der Waals surface area contributed by atoms with Crippen molar-refractivity contribution in [1.29, 1.82) is 0 Å². The molecule has 6 nitrogen and oxygen atoms in total. The smallest absolute Gasteiger partial charge is 0.230 e. The van der Waals surface area contributed by atoms with Gasteiger partial charge in [-0.3, -0.25) is 4.90 Å². The second-order valence-electron chi connectivity index (χ2n) is 8.41. The molecule has 1 atom stereocenters. The van der Waals surface area contributed by atoms with Crippen molar-refractivity contribution >= 4 is 0 Å². The zero-order valence-corrected chi connectivity index (χ0v) is 19.4. The molecule has 4 rings (SSSR count). The molecule has 0 N–H and O–H groups in total. The summed E-state index contributed by atoms with van der Waals surface area (Å²) in [5.41, 5.74) is 2.98. The predicted molar refractivity (Wildman–Crippen MR) is 124 cm³/mol. The van der Waals surface area contributed by atoms with Gasteiger partial charge in [-0.2, -0.15) is 0 Å². The SMILES string of the molecule is COc1ccc(-c2nc(CN3CCCC(COc4ccccc4C)C3)c(C)o2)c(OC)c1. The van der Waals surface area contributed by atoms with Crippen LogP contribution in [0, 0.1) is 19.8 Å². The molecule has 2 aromatic carbocycles. The summed E-state index contributed by atoms with van der Waals surface area (Å²) in [6.07, 6.45) is 2.35. The van der Waals surface area contributed by atoms with E-state index < -0.39 is 0 Å². The Bertz CT molecular complexity index is 1050. The van der Waals surface area contributed by atoms with Crippen LogP contribution in [0.1, 0.15) is 29.9 Å². The summed E-state index contributed by atoms with van der Waals surface area (Å²) in [7, 11) is 3.28. The first-order valence-electron chi connectivity index (χ1n) is 11.2. The van der Waals surface area contributed by atoms with E-state index in [0.29, 0.717) is 17.6 Å². The molecule has 2 heterocycles. The van der Waals surface area contributed by atoms with Gasteiger partial charge in [0.15, 0.2) is 0 Å². The molecule has 6 heteroatoms. The first kappa shape index (κ1) is 22.2. The van der Waals surface area contributed by atoms with E-state index in [1.165, 1.54) is 12.0 Å². The molecule has 0 bridgehead atoms. The van der Waals surface area contributed by atoms with Gasteiger partial charge in [-0.05, 0) is 57.0 Å². The number of hydrogen-bond donors (Lipinski definition) is 0. The van der Waals surface area contributed by atoms with Gasteiger partial charge >= 0.3 is 0 Å². The number of ether oxygens (including phenoxy) is 3. The van der Waals surface area contributed by atoms with Crippen LogP contribution in [0.3, 0.4) is 0 Å². The van der Waals surface area contributed by atoms with Crippen LogP contribution in [-0.4, -0.2) is 43.8 Å². The predicted octanol–water partition coefficient (Wildman–Crippen LogP) is 5.27. The molecule has 32 heavy (non-hydrogen) atoms. The molecule has 1 fully saturated rings. The Morgan fingerprint density at radius 2 is 1.91 bits per heavy atom. The quantitative estimate of drug-likeness (QED) is 0.480. The van der Waals surface area contributed by atoms with Crippen LogP contribution >= 0.6 is 0 Å². The molecule has 3 aromatic rings. The Labute approximate surface area is 190 Å². The van der Waals surface area contributed by atoms with Gasteiger partial charge in [0.25, 0.3) is 0 Å². The Kier molecular flexibility index (Phi) is 7.00. The van der Waals surface area contributed by atoms with E-state index in [0.717, 1.165) is 61.2 Å². The zero-order chi connectivity index (χ0) is 22.5. The minimum atomic E-state index is 0.511. The summed E-state index contributed by atoms with van der Waals surface area (Å²) in [6, 6.07) is 13.9. The van der Waals surface area contributed by atoms with Crippen molar-refractivity contribution in [3.8, 4) is 28.7 Å². The van der Waals surface area contributed by atoms with Crippen LogP contribution in [0.25, 0.3) is 11.5 Å². The fourth-order valence-electron chi connectivity index (χ4n) is 4.23. The Hall–Kier alpha value is -2.99. The number of hydrogen-bond acceptors (Lipinski definition) is 6. The van der Waals surface area contributed by atoms with Crippen LogP contribution in [0.15, 0.2) is 46.9 Å². The maximum atomic E-state index is 6.12. The lowest BCUT2D eigenvalue weighted by molar-refractivity contribution is 0.123. The highest BCUT2D eigenvalue weighted by molar-refractivity contribution is 5.65. The van der Waals surface area contributed by atoms with Crippen LogP contribution < -0.4 is 14.2 Å². The number of likely N-dealkylation sites (tertiary alicyclic amines) is 1. The third-order valence-corrected chi connectivity index (χ3v) is 6.08. The van der Waals surface area contributed by atoms with Crippen molar-refractivity contribution < 1.29 is 18.6 Å². The largest absolute Gasteiger partial charge is 0.497 e. The molecule has 1 saturated heterocycles. The molecular weight excluding hydrogens is 404 g/mol. The minimum Gasteiger partial charge on any atom is -0.497 e. The number of benzene rings is 2. The Morgan fingerprint density at radius 1 is 1.06 bits per heavy atom. The van der Waals surface area contributed by atoms with Gasteiger partial charge in [0, 0.05) is 25.1 Å². The second-order valence-corrected chi connectivity index (χ2v) is 8.41. The fourth-order valence-corrected chi connectivity index (χ4v) is 4.23. The normalized spacial score (nSPS) is 16.7. The second kappa shape index (κ2) is 10.1. The van der Waals surface area contributed by atoms with Gasteiger partial charge in [0.05, 0.1) is 32.1 Å². The molecule has 0 amide bonds. The van der Waals surface area contributed by atoms with E-state index in [9.17, 15) is 0 Å². The molecule has 1 unspecified atom stereocenters. The maximum absolute atomic E-state index is 6.12. The lowest BCUT2D eigenvalue weighted by atomic mass is 9.98. The monoisotopic (exact) mass is 436 g/mol. The van der Waals surface area contributed by atoms with Crippen molar-refractivity contribution in [3.05, 3.63) is 59.5 Å². The summed E-state index contributed by atoms with van der Waals surface area (Å²) < 4.78 is 23.0. The van der Waals surface area contributed by atoms with Gasteiger partial charge in [0.2, 0.25) is 5.89 Å². The molecule has 1 aromatic heterocycles. The molecular formula is C26H32N2O4. The van der Waals surface area contributed by atoms with Crippen LogP contribution in [0.2, 0.25) is 0 Å². The topological polar surface area (TPSA) is 57.0 Å². The Balaban J connectivity index is 1.41. The molecule has 1 aliphatic heterocycles. The lowest BCUT2D eigenvalue weighted by Gasteiger charge is -2.32. The molecule has 0 spiro atoms. The van der Waals surface area contributed by atoms with Crippen molar-refractivity contribution in [2.45, 2.75) is 33.2 Å². The summed E-state index contributed by atoms with van der Waals surface area (Å²) in [6.45, 7) is 7.64. The number of aryl methyl sites for hydroxylation is 2. The molecule has 0 saturated carbocycles. The van der Waals surface area contributed by atoms with Crippen molar-refractivity contribution in [1.82, 2.24) is 9.88 Å². The third kappa shape index (κ3) is 5.07. The number of methoxy groups -OCH3 is 2. The molecule has 170 valence electrons. The van der Waals surface area contributed by atoms with Crippen molar-refractivity contribution in [2.75, 3.05) is 33.9 Å². The summed E-state index contributed by atoms with van der Waals surface area (Å²) in [5, 5.41) is 0. The number of oxazole rings is 1. The number of nitrogens with zero attached hydrogens (tertiary/aromatic N) is 2. The van der Waals surface area contributed by atoms with E-state index >= 15 is 0 Å². The van der Waals surface area contributed by atoms with Gasteiger partial charge in [-0.15, -0.1) is 0 Å². The number of para-hydroxylation sites is 1. The van der Waals surface area contributed by atoms with Gasteiger partial charge < -0.3 is 18.6 Å². The first-order valence-corrected chi connectivity index (χ1v) is 11.2. The number of piperidine rings is 1. The summed E-state index contributed by atoms with van der Waals surface area (Å²) in [5.74, 6) is 4.33. The average Bonchev–Trinajstić information content (AvgIpc) is 3.18. The van der Waals surface area contributed by atoms with E-state index in [1.807, 2.05) is 43.3 Å². The van der Waals surface area contributed by atoms with Crippen molar-refractivity contribution in [2.24, 2.45) is 5.92 Å². The van der Waals surface area contributed by atoms with Gasteiger partial charge in [-0.25, -0.2) is 4.98 Å². The summed E-state index contributed by atoms with van der Waals surface area (Å²) >= 11 is 0. The van der Waals surface area contributed by atoms with E-state index in [4.69, 9.17) is 23.6 Å². The maximum Gasteiger partial charge on any atom is 0.230 e. The van der Waals surface area contributed by atoms with Gasteiger partial charge in [-0.1, -0.05) is 18.2 Å². The first-order chi connectivity index (χ1) is 15.6. The number of aromatic nitrogens is 1. The molecule has 1 aliphatic rings. The van der Waals surface area contributed by atoms with Gasteiger partial charge in [0.1, 0.15) is 23.0 Å². The highest BCUT2D eigenvalue weighted by Crippen LogP contribution is 2.34. The van der Waals surface area contributed by atoms with Crippen LogP contribution in [-0.2, 0) is 6.54 Å². The highest BCUT2D eigenvalue weighted by atomic mass is 16.5. The summed E-state index contributed by atoms with van der Waals surface area (Å²) in [4.78, 5) is 7.26. The van der Waals surface area contributed by atoms with Crippen LogP contribution in [0.5, 0.6) is 17.2 Å². The molecule has 0 aliphatic carbocycles. The van der Waals surface area contributed by atoms with E-state index in [2.05, 4.69) is 17.9 Å². The fraction of sp³-hybridized carbons (Fsp3) is 0.423.